The fourth-order valence-corrected chi connectivity index (χ4v) is 21.2. The first-order valence-corrected chi connectivity index (χ1v) is 45.2. The van der Waals surface area contributed by atoms with Crippen molar-refractivity contribution in [1.29, 1.82) is 0 Å². The Balaban J connectivity index is 0.000000140. The quantitative estimate of drug-likeness (QED) is 0.0462. The number of para-hydroxylation sites is 2. The first kappa shape index (κ1) is 85.9. The molecule has 0 saturated carbocycles. The SMILES string of the molecule is CC1=NCC(C)=C1c1cccc(Cn2cc(S(=O)(=O)CC(=O)Cc3ccccn3)c3c(F)cc(F)cc32)c1.Cc1cc(CC(=O)CS(=O)(=O)c2cn(Cc3cc(Br)cc(Br)c3)c3ccccc23)no1.Cc1cc(CC(=O)CS(=O)(=O)c2cn(Cc3ccccc3Cl)c3ccccc23)no1.Cc1cc(CC(=O)CSC2=CCc3ccccc32)no1. The minimum Gasteiger partial charge on any atom is -0.361 e. The number of hydrogen-bond donors (Lipinski definition) is 0. The largest absolute Gasteiger partial charge is 0.361 e. The van der Waals surface area contributed by atoms with E-state index in [-0.39, 0.29) is 57.2 Å². The van der Waals surface area contributed by atoms with Gasteiger partial charge < -0.3 is 27.3 Å². The highest BCUT2D eigenvalue weighted by atomic mass is 79.9. The number of Topliss-reactive ketones (excluding diaryl/α,β-unsaturated/α-hetero) is 4. The number of allylic oxidation sites excluding steroid dienone is 2. The first-order chi connectivity index (χ1) is 56.9. The molecule has 2 aliphatic rings. The zero-order valence-corrected chi connectivity index (χ0v) is 72.1. The molecule has 8 heterocycles. The maximum absolute atomic E-state index is 15.0. The molecule has 119 heavy (non-hydrogen) atoms. The summed E-state index contributed by atoms with van der Waals surface area (Å²) in [4.78, 5) is 59.1. The van der Waals surface area contributed by atoms with Gasteiger partial charge in [0.15, 0.2) is 46.9 Å². The van der Waals surface area contributed by atoms with Gasteiger partial charge in [0.25, 0.3) is 0 Å². The summed E-state index contributed by atoms with van der Waals surface area (Å²) in [6.07, 6.45) is 9.17. The molecule has 0 saturated heterocycles. The van der Waals surface area contributed by atoms with E-state index in [0.29, 0.717) is 88.0 Å². The zero-order chi connectivity index (χ0) is 84.5. The minimum absolute atomic E-state index is 0.0821. The van der Waals surface area contributed by atoms with Crippen molar-refractivity contribution in [3.8, 4) is 0 Å². The van der Waals surface area contributed by atoms with Gasteiger partial charge in [-0.2, -0.15) is 0 Å². The van der Waals surface area contributed by atoms with E-state index >= 15 is 0 Å². The summed E-state index contributed by atoms with van der Waals surface area (Å²) < 4.78 is 130. The Kier molecular flexibility index (Phi) is 27.1. The topological polar surface area (TPSA) is 289 Å². The summed E-state index contributed by atoms with van der Waals surface area (Å²) in [6, 6.07) is 55.8. The number of halogens is 5. The number of sulfone groups is 3. The van der Waals surface area contributed by atoms with Crippen LogP contribution >= 0.6 is 55.2 Å². The number of aliphatic imine (C=N–C) groups is 1. The van der Waals surface area contributed by atoms with Crippen molar-refractivity contribution in [2.45, 2.75) is 101 Å². The summed E-state index contributed by atoms with van der Waals surface area (Å²) in [7, 11) is -11.9. The Labute approximate surface area is 711 Å². The monoisotopic (exact) mass is 1820 g/mol. The van der Waals surface area contributed by atoms with Crippen LogP contribution in [0.25, 0.3) is 43.2 Å². The number of benzene rings is 7. The Bertz CT molecular complexity index is 6690. The second-order valence-corrected chi connectivity index (χ2v) is 37.9. The van der Waals surface area contributed by atoms with Crippen LogP contribution in [0.15, 0.2) is 267 Å². The summed E-state index contributed by atoms with van der Waals surface area (Å²) in [5, 5.41) is 12.9. The van der Waals surface area contributed by atoms with Gasteiger partial charge in [0.2, 0.25) is 0 Å². The normalized spacial score (nSPS) is 12.7. The Morgan fingerprint density at radius 3 is 1.56 bits per heavy atom. The molecule has 0 amide bonds. The van der Waals surface area contributed by atoms with Crippen molar-refractivity contribution in [3.05, 3.63) is 324 Å². The minimum atomic E-state index is -4.23. The lowest BCUT2D eigenvalue weighted by Crippen LogP contribution is -2.18. The molecule has 21 nitrogen and oxygen atoms in total. The molecule has 610 valence electrons. The predicted octanol–water partition coefficient (Wildman–Crippen LogP) is 17.9. The second-order valence-electron chi connectivity index (χ2n) is 28.8. The molecule has 30 heteroatoms. The highest BCUT2D eigenvalue weighted by Crippen LogP contribution is 2.38. The number of hydrogen-bond acceptors (Lipinski definition) is 19. The van der Waals surface area contributed by atoms with Gasteiger partial charge in [-0.1, -0.05) is 168 Å². The number of ketones is 4. The number of carbonyl (C=O) groups is 4. The number of pyridine rings is 1. The molecular formula is C89H77Br2ClF2N8O13S4. The molecule has 0 radical (unpaired) electrons. The van der Waals surface area contributed by atoms with E-state index in [4.69, 9.17) is 25.2 Å². The van der Waals surface area contributed by atoms with Crippen molar-refractivity contribution in [1.82, 2.24) is 34.2 Å². The van der Waals surface area contributed by atoms with Gasteiger partial charge in [0.05, 0.1) is 74.2 Å². The summed E-state index contributed by atoms with van der Waals surface area (Å²) in [5.74, 6) is -2.72. The van der Waals surface area contributed by atoms with Crippen LogP contribution in [0.5, 0.6) is 0 Å². The molecule has 0 atom stereocenters. The lowest BCUT2D eigenvalue weighted by Gasteiger charge is -2.10. The fourth-order valence-electron chi connectivity index (χ4n) is 14.2. The average Bonchev–Trinajstić information content (AvgIpc) is 1.63. The molecular weight excluding hydrogens is 1750 g/mol. The number of aryl methyl sites for hydroxylation is 3. The van der Waals surface area contributed by atoms with Gasteiger partial charge in [0.1, 0.15) is 52.0 Å². The van der Waals surface area contributed by atoms with Gasteiger partial charge >= 0.3 is 0 Å². The highest BCUT2D eigenvalue weighted by Gasteiger charge is 2.31. The summed E-state index contributed by atoms with van der Waals surface area (Å²) >= 11 is 14.9. The van der Waals surface area contributed by atoms with E-state index in [0.717, 1.165) is 77.3 Å². The molecule has 1 aliphatic heterocycles. The first-order valence-electron chi connectivity index (χ1n) is 37.3. The Morgan fingerprint density at radius 1 is 0.504 bits per heavy atom. The number of nitrogens with zero attached hydrogens (tertiary/aromatic N) is 8. The summed E-state index contributed by atoms with van der Waals surface area (Å²) in [6.45, 7) is 11.0. The third-order valence-electron chi connectivity index (χ3n) is 19.4. The van der Waals surface area contributed by atoms with Gasteiger partial charge in [-0.15, -0.1) is 11.8 Å². The van der Waals surface area contributed by atoms with Crippen LogP contribution in [-0.4, -0.2) is 118 Å². The molecule has 0 bridgehead atoms. The van der Waals surface area contributed by atoms with Crippen molar-refractivity contribution in [2.24, 2.45) is 4.99 Å². The van der Waals surface area contributed by atoms with E-state index in [9.17, 15) is 53.2 Å². The predicted molar refractivity (Wildman–Crippen MR) is 463 cm³/mol. The molecule has 0 unspecified atom stereocenters. The second kappa shape index (κ2) is 37.6. The van der Waals surface area contributed by atoms with E-state index in [1.807, 2.05) is 127 Å². The van der Waals surface area contributed by atoms with E-state index in [1.165, 1.54) is 33.0 Å². The maximum Gasteiger partial charge on any atom is 0.187 e. The lowest BCUT2D eigenvalue weighted by atomic mass is 9.97. The number of aromatic nitrogens is 7. The smallest absolute Gasteiger partial charge is 0.187 e. The van der Waals surface area contributed by atoms with Crippen LogP contribution in [0.3, 0.4) is 0 Å². The molecule has 7 aromatic carbocycles. The molecule has 1 aliphatic carbocycles. The van der Waals surface area contributed by atoms with E-state index in [1.54, 1.807) is 98.7 Å². The standard InChI is InChI=1S/C29H25F2N3O3S.C22H18Br2N2O4S.C22H19ClN2O4S.C16H15NO2S/c1-18-14-33-19(2)28(18)21-7-5-6-20(10-21)15-34-16-27(29-25(31)11-22(30)12-26(29)34)38(36,37)17-24(35)13-23-8-3-4-9-32-23;1-14-6-18(25-30-14)10-19(27)13-31(28,29)22-12-26(21-5-3-2-4-20(21)22)11-15-7-16(23)9-17(24)8-15;1-15-10-17(24-29-15)11-18(26)14-30(27,28)22-13-25(21-9-5-3-7-19(21)22)12-16-6-2-4-8-20(16)23;1-11-8-13(17-19-11)9-14(18)10-20-16-7-6-12-4-2-3-5-15(12)16/h3-12,16H,13-15,17H2,1-2H3;2-9,12H,10-11,13H2,1H3;2-10,13H,11-12,14H2,1H3;2-5,7-8H,6,9-10H2,1H3. The number of carbonyl (C=O) groups excluding carboxylic acids is 4. The fraction of sp³-hybridized carbons (Fsp3) is 0.202. The number of rotatable bonds is 27. The lowest BCUT2D eigenvalue weighted by molar-refractivity contribution is -0.117. The van der Waals surface area contributed by atoms with Crippen LogP contribution in [0, 0.1) is 32.4 Å². The van der Waals surface area contributed by atoms with Crippen molar-refractivity contribution in [2.75, 3.05) is 29.6 Å². The molecule has 0 N–H and O–H groups in total. The average molecular weight is 1830 g/mol. The summed E-state index contributed by atoms with van der Waals surface area (Å²) in [5.41, 5.74) is 13.1. The molecule has 16 rings (SSSR count). The van der Waals surface area contributed by atoms with Gasteiger partial charge in [-0.3, -0.25) is 29.2 Å². The maximum atomic E-state index is 15.0. The molecule has 7 aromatic heterocycles. The number of thioether (sulfide) groups is 1. The van der Waals surface area contributed by atoms with Crippen LogP contribution in [0.2, 0.25) is 5.02 Å². The van der Waals surface area contributed by atoms with Crippen molar-refractivity contribution < 1.29 is 66.8 Å². The Morgan fingerprint density at radius 2 is 1.01 bits per heavy atom. The zero-order valence-electron chi connectivity index (χ0n) is 64.9. The van der Waals surface area contributed by atoms with Crippen molar-refractivity contribution in [3.63, 3.8) is 0 Å². The van der Waals surface area contributed by atoms with Crippen LogP contribution in [0.1, 0.15) is 87.3 Å². The van der Waals surface area contributed by atoms with Gasteiger partial charge in [-0.25, -0.2) is 34.0 Å². The van der Waals surface area contributed by atoms with Crippen molar-refractivity contribution >= 4 is 157 Å². The van der Waals surface area contributed by atoms with E-state index in [2.05, 4.69) is 81.6 Å². The van der Waals surface area contributed by atoms with Gasteiger partial charge in [0, 0.05) is 133 Å². The molecule has 0 fully saturated rings. The highest BCUT2D eigenvalue weighted by molar-refractivity contribution is 9.11. The van der Waals surface area contributed by atoms with E-state index < -0.39 is 75.8 Å². The van der Waals surface area contributed by atoms with Crippen LogP contribution in [0.4, 0.5) is 8.78 Å². The Hall–Kier alpha value is -10.9. The third kappa shape index (κ3) is 21.6. The molecule has 14 aromatic rings. The molecule has 0 spiro atoms. The number of fused-ring (bicyclic) bond motifs is 4. The van der Waals surface area contributed by atoms with Crippen LogP contribution in [-0.2, 0) is 100 Å². The van der Waals surface area contributed by atoms with Gasteiger partial charge in [-0.05, 0) is 141 Å². The third-order valence-corrected chi connectivity index (χ3v) is 26.9. The van der Waals surface area contributed by atoms with Crippen LogP contribution < -0.4 is 0 Å².